The zero-order valence-corrected chi connectivity index (χ0v) is 19.8. The maximum absolute atomic E-state index is 12.6. The lowest BCUT2D eigenvalue weighted by molar-refractivity contribution is -0.118. The van der Waals surface area contributed by atoms with Crippen molar-refractivity contribution in [3.8, 4) is 28.6 Å². The monoisotopic (exact) mass is 475 g/mol. The van der Waals surface area contributed by atoms with E-state index in [0.717, 1.165) is 16.8 Å². The molecule has 34 heavy (non-hydrogen) atoms. The van der Waals surface area contributed by atoms with Gasteiger partial charge in [0.15, 0.2) is 22.5 Å². The zero-order chi connectivity index (χ0) is 23.8. The number of para-hydroxylation sites is 1. The van der Waals surface area contributed by atoms with Gasteiger partial charge in [0, 0.05) is 30.2 Å². The molecular weight excluding hydrogens is 450 g/mol. The van der Waals surface area contributed by atoms with E-state index in [1.165, 1.54) is 11.8 Å². The van der Waals surface area contributed by atoms with Crippen LogP contribution in [-0.2, 0) is 11.3 Å². The van der Waals surface area contributed by atoms with E-state index in [-0.39, 0.29) is 11.7 Å². The van der Waals surface area contributed by atoms with E-state index in [9.17, 15) is 4.79 Å². The lowest BCUT2D eigenvalue weighted by atomic mass is 10.2. The average molecular weight is 476 g/mol. The minimum absolute atomic E-state index is 0.108. The molecule has 4 rings (SSSR count). The first-order valence-electron chi connectivity index (χ1n) is 10.8. The number of nitrogens with zero attached hydrogens (tertiary/aromatic N) is 4. The summed E-state index contributed by atoms with van der Waals surface area (Å²) < 4.78 is 12.9. The van der Waals surface area contributed by atoms with Crippen molar-refractivity contribution in [3.05, 3.63) is 78.6 Å². The van der Waals surface area contributed by atoms with E-state index in [2.05, 4.69) is 20.5 Å². The maximum atomic E-state index is 12.6. The first kappa shape index (κ1) is 23.3. The largest absolute Gasteiger partial charge is 0.493 e. The van der Waals surface area contributed by atoms with Gasteiger partial charge in [-0.2, -0.15) is 0 Å². The highest BCUT2D eigenvalue weighted by atomic mass is 32.2. The molecule has 0 bridgehead atoms. The highest BCUT2D eigenvalue weighted by Gasteiger charge is 2.17. The summed E-state index contributed by atoms with van der Waals surface area (Å²) in [7, 11) is 1.60. The van der Waals surface area contributed by atoms with Gasteiger partial charge in [-0.15, -0.1) is 10.2 Å². The van der Waals surface area contributed by atoms with E-state index in [1.807, 2.05) is 72.2 Å². The van der Waals surface area contributed by atoms with Gasteiger partial charge in [-0.1, -0.05) is 36.0 Å². The summed E-state index contributed by atoms with van der Waals surface area (Å²) in [6, 6.07) is 19.2. The summed E-state index contributed by atoms with van der Waals surface area (Å²) >= 11 is 1.33. The van der Waals surface area contributed by atoms with Crippen LogP contribution in [0.15, 0.2) is 78.2 Å². The zero-order valence-electron chi connectivity index (χ0n) is 19.0. The fraction of sp³-hybridized carbons (Fsp3) is 0.200. The average Bonchev–Trinajstić information content (AvgIpc) is 3.32. The number of ether oxygens (including phenoxy) is 2. The quantitative estimate of drug-likeness (QED) is 0.345. The molecule has 0 spiro atoms. The molecule has 0 atom stereocenters. The SMILES string of the molecule is CCOc1ccc(CNC(=O)CSc2nnc(-c3cccnc3)n2-c2ccccc2)cc1OC. The lowest BCUT2D eigenvalue weighted by Gasteiger charge is -2.12. The van der Waals surface area contributed by atoms with Gasteiger partial charge in [0.05, 0.1) is 19.5 Å². The molecule has 2 aromatic carbocycles. The van der Waals surface area contributed by atoms with E-state index in [1.54, 1.807) is 19.5 Å². The molecule has 0 radical (unpaired) electrons. The van der Waals surface area contributed by atoms with Gasteiger partial charge >= 0.3 is 0 Å². The Morgan fingerprint density at radius 2 is 1.91 bits per heavy atom. The van der Waals surface area contributed by atoms with Crippen molar-refractivity contribution in [2.75, 3.05) is 19.5 Å². The Kier molecular flexibility index (Phi) is 7.77. The Morgan fingerprint density at radius 1 is 1.06 bits per heavy atom. The van der Waals surface area contributed by atoms with Crippen molar-refractivity contribution in [2.24, 2.45) is 0 Å². The van der Waals surface area contributed by atoms with Crippen LogP contribution in [0.5, 0.6) is 11.5 Å². The van der Waals surface area contributed by atoms with Crippen LogP contribution in [0.3, 0.4) is 0 Å². The second kappa shape index (κ2) is 11.3. The van der Waals surface area contributed by atoms with Crippen LogP contribution in [0.1, 0.15) is 12.5 Å². The molecule has 2 heterocycles. The number of thioether (sulfide) groups is 1. The number of hydrogen-bond donors (Lipinski definition) is 1. The summed E-state index contributed by atoms with van der Waals surface area (Å²) in [6.45, 7) is 2.86. The van der Waals surface area contributed by atoms with E-state index in [4.69, 9.17) is 9.47 Å². The van der Waals surface area contributed by atoms with Crippen LogP contribution in [0, 0.1) is 0 Å². The van der Waals surface area contributed by atoms with Gasteiger partial charge in [-0.05, 0) is 48.9 Å². The van der Waals surface area contributed by atoms with Crippen molar-refractivity contribution in [3.63, 3.8) is 0 Å². The first-order valence-corrected chi connectivity index (χ1v) is 11.8. The highest BCUT2D eigenvalue weighted by molar-refractivity contribution is 7.99. The fourth-order valence-electron chi connectivity index (χ4n) is 3.33. The number of nitrogens with one attached hydrogen (secondary N) is 1. The predicted molar refractivity (Wildman–Crippen MR) is 131 cm³/mol. The van der Waals surface area contributed by atoms with Gasteiger partial charge in [0.25, 0.3) is 0 Å². The Morgan fingerprint density at radius 3 is 2.65 bits per heavy atom. The van der Waals surface area contributed by atoms with Crippen molar-refractivity contribution in [2.45, 2.75) is 18.6 Å². The Labute approximate surface area is 202 Å². The van der Waals surface area contributed by atoms with Crippen LogP contribution in [0.4, 0.5) is 0 Å². The number of amides is 1. The van der Waals surface area contributed by atoms with Crippen LogP contribution >= 0.6 is 11.8 Å². The third-order valence-corrected chi connectivity index (χ3v) is 5.85. The minimum Gasteiger partial charge on any atom is -0.493 e. The van der Waals surface area contributed by atoms with Gasteiger partial charge in [0.2, 0.25) is 5.91 Å². The van der Waals surface area contributed by atoms with Crippen molar-refractivity contribution in [1.82, 2.24) is 25.1 Å². The van der Waals surface area contributed by atoms with Crippen molar-refractivity contribution >= 4 is 17.7 Å². The lowest BCUT2D eigenvalue weighted by Crippen LogP contribution is -2.24. The van der Waals surface area contributed by atoms with Gasteiger partial charge in [-0.3, -0.25) is 14.3 Å². The number of methoxy groups -OCH3 is 1. The van der Waals surface area contributed by atoms with Crippen molar-refractivity contribution in [1.29, 1.82) is 0 Å². The molecular formula is C25H25N5O3S. The predicted octanol–water partition coefficient (Wildman–Crippen LogP) is 4.15. The molecule has 8 nitrogen and oxygen atoms in total. The topological polar surface area (TPSA) is 91.2 Å². The molecule has 0 aliphatic carbocycles. The molecule has 0 fully saturated rings. The Hall–Kier alpha value is -3.85. The second-order valence-electron chi connectivity index (χ2n) is 7.20. The number of aromatic nitrogens is 4. The number of rotatable bonds is 10. The maximum Gasteiger partial charge on any atom is 0.230 e. The van der Waals surface area contributed by atoms with Gasteiger partial charge in [0.1, 0.15) is 0 Å². The number of hydrogen-bond acceptors (Lipinski definition) is 7. The van der Waals surface area contributed by atoms with E-state index < -0.39 is 0 Å². The molecule has 4 aromatic rings. The molecule has 0 saturated heterocycles. The third-order valence-electron chi connectivity index (χ3n) is 4.92. The molecule has 1 amide bonds. The van der Waals surface area contributed by atoms with Crippen LogP contribution < -0.4 is 14.8 Å². The van der Waals surface area contributed by atoms with E-state index in [0.29, 0.717) is 35.6 Å². The fourth-order valence-corrected chi connectivity index (χ4v) is 4.12. The number of carbonyl (C=O) groups excluding carboxylic acids is 1. The number of benzene rings is 2. The Bertz CT molecular complexity index is 1230. The molecule has 0 saturated carbocycles. The van der Waals surface area contributed by atoms with E-state index >= 15 is 0 Å². The van der Waals surface area contributed by atoms with Gasteiger partial charge < -0.3 is 14.8 Å². The minimum atomic E-state index is -0.108. The molecule has 1 N–H and O–H groups in total. The van der Waals surface area contributed by atoms with Crippen LogP contribution in [0.2, 0.25) is 0 Å². The van der Waals surface area contributed by atoms with Crippen LogP contribution in [-0.4, -0.2) is 45.1 Å². The molecule has 2 aromatic heterocycles. The summed E-state index contributed by atoms with van der Waals surface area (Å²) in [6.07, 6.45) is 3.46. The van der Waals surface area contributed by atoms with Crippen molar-refractivity contribution < 1.29 is 14.3 Å². The summed E-state index contributed by atoms with van der Waals surface area (Å²) in [5, 5.41) is 12.3. The highest BCUT2D eigenvalue weighted by Crippen LogP contribution is 2.29. The van der Waals surface area contributed by atoms with Crippen LogP contribution in [0.25, 0.3) is 17.1 Å². The summed E-state index contributed by atoms with van der Waals surface area (Å²) in [4.78, 5) is 16.8. The molecule has 0 aliphatic rings. The number of carbonyl (C=O) groups is 1. The molecule has 0 aliphatic heterocycles. The summed E-state index contributed by atoms with van der Waals surface area (Å²) in [5.41, 5.74) is 2.68. The molecule has 174 valence electrons. The normalized spacial score (nSPS) is 10.6. The molecule has 9 heteroatoms. The number of pyridine rings is 1. The molecule has 0 unspecified atom stereocenters. The Balaban J connectivity index is 1.44. The smallest absolute Gasteiger partial charge is 0.230 e. The third kappa shape index (κ3) is 5.55. The second-order valence-corrected chi connectivity index (χ2v) is 8.14. The first-order chi connectivity index (χ1) is 16.7. The van der Waals surface area contributed by atoms with Gasteiger partial charge in [-0.25, -0.2) is 0 Å². The standard InChI is InChI=1S/C25H25N5O3S/c1-3-33-21-12-11-18(14-22(21)32-2)15-27-23(31)17-34-25-29-28-24(19-8-7-13-26-16-19)30(25)20-9-5-4-6-10-20/h4-14,16H,3,15,17H2,1-2H3,(H,27,31). The summed E-state index contributed by atoms with van der Waals surface area (Å²) in [5.74, 6) is 2.08.